The Kier molecular flexibility index (Phi) is 13.0. The Morgan fingerprint density at radius 2 is 1.02 bits per heavy atom. The van der Waals surface area contributed by atoms with Crippen molar-refractivity contribution in [1.29, 1.82) is 0 Å². The third kappa shape index (κ3) is 8.34. The number of hydrogen-bond donors (Lipinski definition) is 1. The lowest BCUT2D eigenvalue weighted by atomic mass is 9.58. The molecular formula is C83H90N2O7. The van der Waals surface area contributed by atoms with Gasteiger partial charge >= 0.3 is 0 Å². The second-order valence-corrected chi connectivity index (χ2v) is 32.3. The van der Waals surface area contributed by atoms with Crippen LogP contribution in [0.4, 0.5) is 5.69 Å². The molecule has 5 saturated carbocycles. The Morgan fingerprint density at radius 1 is 0.500 bits per heavy atom. The summed E-state index contributed by atoms with van der Waals surface area (Å²) in [5.74, 6) is 3.00. The van der Waals surface area contributed by atoms with Crippen LogP contribution in [0.2, 0.25) is 0 Å². The highest BCUT2D eigenvalue weighted by atomic mass is 16.5. The van der Waals surface area contributed by atoms with E-state index in [1.54, 1.807) is 0 Å². The lowest BCUT2D eigenvalue weighted by molar-refractivity contribution is -0.149. The number of fused-ring (bicyclic) bond motifs is 5. The van der Waals surface area contributed by atoms with E-state index in [2.05, 4.69) is 140 Å². The van der Waals surface area contributed by atoms with Crippen molar-refractivity contribution in [2.75, 3.05) is 11.9 Å². The van der Waals surface area contributed by atoms with E-state index in [0.717, 1.165) is 101 Å². The Bertz CT molecular complexity index is 4110. The van der Waals surface area contributed by atoms with Crippen LogP contribution in [0, 0.1) is 34.0 Å². The monoisotopic (exact) mass is 1230 g/mol. The number of amides is 1. The molecule has 4 aromatic carbocycles. The Hall–Kier alpha value is -6.36. The van der Waals surface area contributed by atoms with Crippen LogP contribution in [-0.4, -0.2) is 74.3 Å². The second kappa shape index (κ2) is 20.6. The number of allylic oxidation sites excluding steroid dienone is 4. The molecule has 0 aromatic heterocycles. The SMILES string of the molecule is C[C@]12CC=C3C=C4CCC(=O)C[C@]45CC[C@]3(O5)[C@@H]1CC=C2C(=O)Nc1ccccc1.C[C@]12CC=C3C=C4CCC(=O)C[C@]45CC[C@]3(O5)[C@@H]1CC[C@@H]2N1CCc2ccccc2C1.C[C@]12CC=C3C=C4CCC(=O)C[C@]45CC[C@]3(O5)[C@@H]1CC[C@@H]2c1ccc2ccccc2c1. The van der Waals surface area contributed by atoms with Crippen molar-refractivity contribution in [2.24, 2.45) is 34.0 Å². The third-order valence-electron chi connectivity index (χ3n) is 28.1. The number of carbonyl (C=O) groups is 4. The number of nitrogens with zero attached hydrogens (tertiary/aromatic N) is 1. The number of ether oxygens (including phenoxy) is 3. The van der Waals surface area contributed by atoms with Gasteiger partial charge in [-0.2, -0.15) is 0 Å². The first kappa shape index (κ1) is 58.2. The second-order valence-electron chi connectivity index (χ2n) is 32.3. The molecule has 0 radical (unpaired) electrons. The summed E-state index contributed by atoms with van der Waals surface area (Å²) in [6.45, 7) is 9.57. The van der Waals surface area contributed by atoms with Crippen LogP contribution < -0.4 is 5.32 Å². The summed E-state index contributed by atoms with van der Waals surface area (Å²) in [4.78, 5) is 53.0. The molecule has 474 valence electrons. The quantitative estimate of drug-likeness (QED) is 0.215. The molecule has 7 heterocycles. The van der Waals surface area contributed by atoms with Crippen molar-refractivity contribution in [3.63, 3.8) is 0 Å². The minimum atomic E-state index is -0.389. The highest BCUT2D eigenvalue weighted by Crippen LogP contribution is 2.71. The topological polar surface area (TPSA) is 111 Å². The molecule has 14 atom stereocenters. The van der Waals surface area contributed by atoms with Gasteiger partial charge in [0, 0.05) is 80.2 Å². The summed E-state index contributed by atoms with van der Waals surface area (Å²) in [5, 5.41) is 5.75. The van der Waals surface area contributed by atoms with E-state index >= 15 is 0 Å². The fourth-order valence-corrected chi connectivity index (χ4v) is 23.6. The van der Waals surface area contributed by atoms with Crippen LogP contribution in [0.1, 0.15) is 191 Å². The molecule has 1 amide bonds. The highest BCUT2D eigenvalue weighted by molar-refractivity contribution is 6.05. The van der Waals surface area contributed by atoms with Crippen LogP contribution in [0.3, 0.4) is 0 Å². The predicted octanol–water partition coefficient (Wildman–Crippen LogP) is 16.7. The molecule has 1 N–H and O–H groups in total. The number of anilines is 1. The Balaban J connectivity index is 0.000000102. The molecule has 3 saturated heterocycles. The van der Waals surface area contributed by atoms with E-state index < -0.39 is 0 Å². The first-order valence-electron chi connectivity index (χ1n) is 35.8. The van der Waals surface area contributed by atoms with E-state index in [1.165, 1.54) is 99.6 Å². The Morgan fingerprint density at radius 3 is 1.64 bits per heavy atom. The van der Waals surface area contributed by atoms with E-state index in [-0.39, 0.29) is 61.7 Å². The number of nitrogens with one attached hydrogen (secondary N) is 1. The van der Waals surface area contributed by atoms with Gasteiger partial charge in [0.2, 0.25) is 0 Å². The molecular weight excluding hydrogens is 1140 g/mol. The molecule has 7 aliphatic heterocycles. The van der Waals surface area contributed by atoms with Crippen LogP contribution in [0.25, 0.3) is 10.8 Å². The van der Waals surface area contributed by atoms with Gasteiger partial charge in [-0.15, -0.1) is 0 Å². The lowest BCUT2D eigenvalue weighted by Gasteiger charge is -2.55. The maximum atomic E-state index is 13.2. The summed E-state index contributed by atoms with van der Waals surface area (Å²) in [6.07, 6.45) is 39.4. The van der Waals surface area contributed by atoms with Gasteiger partial charge in [-0.25, -0.2) is 0 Å². The van der Waals surface area contributed by atoms with Crippen molar-refractivity contribution in [3.8, 4) is 0 Å². The number of rotatable bonds is 4. The average Bonchev–Trinajstić information content (AvgIpc) is 1.52. The molecule has 16 aliphatic rings. The maximum absolute atomic E-state index is 13.2. The highest BCUT2D eigenvalue weighted by Gasteiger charge is 2.70. The zero-order chi connectivity index (χ0) is 62.3. The van der Waals surface area contributed by atoms with Crippen LogP contribution in [0.15, 0.2) is 179 Å². The van der Waals surface area contributed by atoms with E-state index in [0.29, 0.717) is 79.7 Å². The fourth-order valence-electron chi connectivity index (χ4n) is 23.6. The van der Waals surface area contributed by atoms with Gasteiger partial charge in [0.05, 0.1) is 33.6 Å². The molecule has 6 spiro atoms. The average molecular weight is 1230 g/mol. The number of carbonyl (C=O) groups excluding carboxylic acids is 4. The first-order valence-corrected chi connectivity index (χ1v) is 35.8. The summed E-state index contributed by atoms with van der Waals surface area (Å²) >= 11 is 0. The van der Waals surface area contributed by atoms with E-state index in [4.69, 9.17) is 14.2 Å². The molecule has 20 rings (SSSR count). The third-order valence-corrected chi connectivity index (χ3v) is 28.1. The lowest BCUT2D eigenvalue weighted by Crippen LogP contribution is -2.57. The zero-order valence-electron chi connectivity index (χ0n) is 54.4. The van der Waals surface area contributed by atoms with Gasteiger partial charge in [0.25, 0.3) is 5.91 Å². The number of para-hydroxylation sites is 1. The fraction of sp³-hybridized carbons (Fsp3) is 0.518. The number of ketones is 3. The largest absolute Gasteiger partial charge is 0.359 e. The van der Waals surface area contributed by atoms with Crippen molar-refractivity contribution >= 4 is 39.7 Å². The zero-order valence-corrected chi connectivity index (χ0v) is 54.4. The van der Waals surface area contributed by atoms with Gasteiger partial charge < -0.3 is 19.5 Å². The van der Waals surface area contributed by atoms with Gasteiger partial charge in [-0.1, -0.05) is 148 Å². The van der Waals surface area contributed by atoms with Crippen molar-refractivity contribution < 1.29 is 33.4 Å². The minimum absolute atomic E-state index is 0.00737. The van der Waals surface area contributed by atoms with Crippen molar-refractivity contribution in [1.82, 2.24) is 4.90 Å². The molecule has 9 nitrogen and oxygen atoms in total. The predicted molar refractivity (Wildman–Crippen MR) is 358 cm³/mol. The molecule has 92 heavy (non-hydrogen) atoms. The standard InChI is InChI=1S/C29H30O2.C28H33NO2.C26H27NO3/c1-27-13-12-23-17-22-8-9-24(30)18-28(22)14-15-29(23,31-28)26(27)11-10-25(27)21-7-6-19-4-2-3-5-20(19)16-21;1-26-12-10-22-16-21-6-7-23(30)17-27(21)13-14-28(22,31-27)24(26)8-9-25(26)29-15-11-19-4-2-3-5-20(19)18-29;1-24-12-11-18-15-17-7-8-20(28)16-25(17)13-14-26(18,30-25)22(24)10-9-21(24)23(29)27-19-5-3-2-4-6-19/h2-7,12,16-17,25-26H,8-11,13-15,18H2,1H3;2-5,10,16,24-25H,6-9,11-15,17-18H2,1H3;2-6,9,11,15,22H,7-8,10,12-14,16H2,1H3,(H,27,29)/t25-,26-,27-,28-,29-;24-,25+,26+,27-,28-;22-,24-,25-,26-/m111/s1. The van der Waals surface area contributed by atoms with E-state index in [1.807, 2.05) is 30.3 Å². The summed E-state index contributed by atoms with van der Waals surface area (Å²) in [6, 6.07) is 35.1. The Labute approximate surface area is 543 Å². The normalized spacial score (nSPS) is 41.0. The van der Waals surface area contributed by atoms with Gasteiger partial charge in [0.15, 0.2) is 0 Å². The molecule has 6 bridgehead atoms. The number of benzene rings is 4. The molecule has 9 heteroatoms. The van der Waals surface area contributed by atoms with Gasteiger partial charge in [-0.3, -0.25) is 24.1 Å². The van der Waals surface area contributed by atoms with Crippen LogP contribution >= 0.6 is 0 Å². The van der Waals surface area contributed by atoms with Crippen LogP contribution in [0.5, 0.6) is 0 Å². The van der Waals surface area contributed by atoms with Crippen molar-refractivity contribution in [3.05, 3.63) is 195 Å². The summed E-state index contributed by atoms with van der Waals surface area (Å²) in [5.41, 5.74) is 13.2. The summed E-state index contributed by atoms with van der Waals surface area (Å²) in [7, 11) is 0. The maximum Gasteiger partial charge on any atom is 0.251 e. The van der Waals surface area contributed by atoms with Crippen molar-refractivity contribution in [2.45, 2.75) is 227 Å². The number of Topliss-reactive ketones (excluding diaryl/α,β-unsaturated/α-hetero) is 3. The summed E-state index contributed by atoms with van der Waals surface area (Å²) < 4.78 is 21.2. The molecule has 9 aliphatic carbocycles. The first-order chi connectivity index (χ1) is 44.5. The molecule has 8 fully saturated rings. The van der Waals surface area contributed by atoms with Crippen LogP contribution in [-0.2, 0) is 46.4 Å². The molecule has 4 aromatic rings. The number of hydrogen-bond acceptors (Lipinski definition) is 8. The smallest absolute Gasteiger partial charge is 0.251 e. The molecule has 0 unspecified atom stereocenters. The van der Waals surface area contributed by atoms with Gasteiger partial charge in [-0.05, 0) is 217 Å². The van der Waals surface area contributed by atoms with Gasteiger partial charge in [0.1, 0.15) is 17.3 Å². The minimum Gasteiger partial charge on any atom is -0.359 e. The van der Waals surface area contributed by atoms with E-state index in [9.17, 15) is 19.2 Å².